The van der Waals surface area contributed by atoms with Gasteiger partial charge in [0.25, 0.3) is 0 Å². The van der Waals surface area contributed by atoms with Crippen molar-refractivity contribution in [1.29, 1.82) is 0 Å². The van der Waals surface area contributed by atoms with E-state index >= 15 is 0 Å². The van der Waals surface area contributed by atoms with E-state index in [1.54, 1.807) is 0 Å². The van der Waals surface area contributed by atoms with Crippen LogP contribution >= 0.6 is 0 Å². The molecule has 2 rings (SSSR count). The normalized spacial score (nSPS) is 15.1. The summed E-state index contributed by atoms with van der Waals surface area (Å²) in [5.41, 5.74) is 3.71. The first-order valence-corrected chi connectivity index (χ1v) is 6.92. The van der Waals surface area contributed by atoms with E-state index in [1.807, 2.05) is 0 Å². The third kappa shape index (κ3) is 3.19. The second-order valence-corrected chi connectivity index (χ2v) is 5.08. The smallest absolute Gasteiger partial charge is 0.305 e. The lowest BCUT2D eigenvalue weighted by Crippen LogP contribution is -2.26. The molecule has 19 heavy (non-hydrogen) atoms. The van der Waals surface area contributed by atoms with Crippen LogP contribution in [-0.2, 0) is 11.2 Å². The predicted octanol–water partition coefficient (Wildman–Crippen LogP) is 2.37. The number of carbonyl (C=O) groups is 1. The molecule has 4 heteroatoms. The molecule has 1 aromatic carbocycles. The highest BCUT2D eigenvalue weighted by Crippen LogP contribution is 2.32. The first-order chi connectivity index (χ1) is 9.11. The molecule has 0 atom stereocenters. The van der Waals surface area contributed by atoms with Crippen LogP contribution in [0.3, 0.4) is 0 Å². The lowest BCUT2D eigenvalue weighted by Gasteiger charge is -2.26. The molecule has 1 aromatic rings. The molecule has 1 heterocycles. The van der Waals surface area contributed by atoms with Crippen molar-refractivity contribution in [2.75, 3.05) is 36.5 Å². The fourth-order valence-electron chi connectivity index (χ4n) is 2.56. The lowest BCUT2D eigenvalue weighted by molar-refractivity contribution is -0.136. The van der Waals surface area contributed by atoms with Gasteiger partial charge >= 0.3 is 5.97 Å². The van der Waals surface area contributed by atoms with Gasteiger partial charge in [-0.1, -0.05) is 13.0 Å². The molecule has 0 saturated heterocycles. The molecule has 0 saturated carbocycles. The van der Waals surface area contributed by atoms with Gasteiger partial charge in [0.05, 0.1) is 17.8 Å². The monoisotopic (exact) mass is 262 g/mol. The van der Waals surface area contributed by atoms with Crippen LogP contribution in [0, 0.1) is 0 Å². The summed E-state index contributed by atoms with van der Waals surface area (Å²) in [6.45, 7) is 4.68. The Balaban J connectivity index is 2.29. The van der Waals surface area contributed by atoms with Crippen LogP contribution in [0.15, 0.2) is 18.2 Å². The van der Waals surface area contributed by atoms with E-state index in [0.29, 0.717) is 6.54 Å². The van der Waals surface area contributed by atoms with E-state index in [1.165, 1.54) is 16.9 Å². The lowest BCUT2D eigenvalue weighted by atomic mass is 10.1. The molecule has 0 unspecified atom stereocenters. The van der Waals surface area contributed by atoms with Crippen LogP contribution in [0.1, 0.15) is 25.3 Å². The fraction of sp³-hybridized carbons (Fsp3) is 0.533. The van der Waals surface area contributed by atoms with Crippen molar-refractivity contribution in [2.45, 2.75) is 26.2 Å². The van der Waals surface area contributed by atoms with Crippen molar-refractivity contribution < 1.29 is 9.90 Å². The van der Waals surface area contributed by atoms with E-state index in [-0.39, 0.29) is 6.42 Å². The van der Waals surface area contributed by atoms with Crippen molar-refractivity contribution >= 4 is 17.3 Å². The van der Waals surface area contributed by atoms with E-state index in [0.717, 1.165) is 25.9 Å². The number of carboxylic acids is 1. The highest BCUT2D eigenvalue weighted by Gasteiger charge is 2.19. The molecule has 1 aliphatic rings. The number of fused-ring (bicyclic) bond motifs is 1. The zero-order valence-corrected chi connectivity index (χ0v) is 11.7. The Morgan fingerprint density at radius 3 is 2.79 bits per heavy atom. The minimum absolute atomic E-state index is 0.193. The standard InChI is InChI=1S/C15H22N2O2/c1-3-12-5-6-13-14(11-12)16(2)8-4-9-17(13)10-7-15(18)19/h5-6,11H,3-4,7-10H2,1-2H3,(H,18,19). The number of hydrogen-bond donors (Lipinski definition) is 1. The predicted molar refractivity (Wildman–Crippen MR) is 78.2 cm³/mol. The van der Waals surface area contributed by atoms with Crippen LogP contribution < -0.4 is 9.80 Å². The average molecular weight is 262 g/mol. The molecule has 0 bridgehead atoms. The Kier molecular flexibility index (Phi) is 4.30. The average Bonchev–Trinajstić information content (AvgIpc) is 2.56. The molecule has 0 radical (unpaired) electrons. The number of carboxylic acid groups (broad SMARTS) is 1. The van der Waals surface area contributed by atoms with Gasteiger partial charge < -0.3 is 14.9 Å². The Morgan fingerprint density at radius 1 is 1.32 bits per heavy atom. The number of aliphatic carboxylic acids is 1. The molecule has 4 nitrogen and oxygen atoms in total. The molecule has 104 valence electrons. The maximum atomic E-state index is 10.8. The van der Waals surface area contributed by atoms with Crippen LogP contribution in [0.25, 0.3) is 0 Å². The van der Waals surface area contributed by atoms with Gasteiger partial charge in [0.2, 0.25) is 0 Å². The first-order valence-electron chi connectivity index (χ1n) is 6.92. The zero-order valence-electron chi connectivity index (χ0n) is 11.7. The van der Waals surface area contributed by atoms with E-state index in [2.05, 4.69) is 42.0 Å². The molecule has 0 fully saturated rings. The third-order valence-corrected chi connectivity index (χ3v) is 3.72. The quantitative estimate of drug-likeness (QED) is 0.904. The van der Waals surface area contributed by atoms with Crippen molar-refractivity contribution in [3.8, 4) is 0 Å². The van der Waals surface area contributed by atoms with Gasteiger partial charge in [0.15, 0.2) is 0 Å². The van der Waals surface area contributed by atoms with E-state index in [4.69, 9.17) is 5.11 Å². The SMILES string of the molecule is CCc1ccc2c(c1)N(C)CCCN2CCC(=O)O. The van der Waals surface area contributed by atoms with Gasteiger partial charge in [-0.05, 0) is 30.5 Å². The van der Waals surface area contributed by atoms with E-state index < -0.39 is 5.97 Å². The van der Waals surface area contributed by atoms with Crippen molar-refractivity contribution in [1.82, 2.24) is 0 Å². The topological polar surface area (TPSA) is 43.8 Å². The molecule has 0 amide bonds. The third-order valence-electron chi connectivity index (χ3n) is 3.72. The second-order valence-electron chi connectivity index (χ2n) is 5.08. The summed E-state index contributed by atoms with van der Waals surface area (Å²) in [5, 5.41) is 8.86. The number of aryl methyl sites for hydroxylation is 1. The summed E-state index contributed by atoms with van der Waals surface area (Å²) < 4.78 is 0. The Hall–Kier alpha value is -1.71. The molecule has 0 spiro atoms. The Morgan fingerprint density at radius 2 is 2.11 bits per heavy atom. The molecule has 1 aliphatic heterocycles. The van der Waals surface area contributed by atoms with Crippen LogP contribution in [0.5, 0.6) is 0 Å². The number of nitrogens with zero attached hydrogens (tertiary/aromatic N) is 2. The highest BCUT2D eigenvalue weighted by atomic mass is 16.4. The van der Waals surface area contributed by atoms with Crippen LogP contribution in [-0.4, -0.2) is 37.8 Å². The Bertz CT molecular complexity index is 459. The summed E-state index contributed by atoms with van der Waals surface area (Å²) in [4.78, 5) is 15.2. The van der Waals surface area contributed by atoms with Gasteiger partial charge in [0, 0.05) is 26.7 Å². The van der Waals surface area contributed by atoms with Gasteiger partial charge in [-0.2, -0.15) is 0 Å². The largest absolute Gasteiger partial charge is 0.481 e. The minimum Gasteiger partial charge on any atom is -0.481 e. The Labute approximate surface area is 114 Å². The van der Waals surface area contributed by atoms with Gasteiger partial charge in [-0.15, -0.1) is 0 Å². The van der Waals surface area contributed by atoms with Crippen molar-refractivity contribution in [2.24, 2.45) is 0 Å². The molecule has 1 N–H and O–H groups in total. The minimum atomic E-state index is -0.732. The molecular formula is C15H22N2O2. The summed E-state index contributed by atoms with van der Waals surface area (Å²) in [7, 11) is 2.11. The number of rotatable bonds is 4. The van der Waals surface area contributed by atoms with E-state index in [9.17, 15) is 4.79 Å². The second kappa shape index (κ2) is 5.95. The number of benzene rings is 1. The maximum Gasteiger partial charge on any atom is 0.305 e. The maximum absolute atomic E-state index is 10.8. The van der Waals surface area contributed by atoms with Gasteiger partial charge in [0.1, 0.15) is 0 Å². The van der Waals surface area contributed by atoms with Crippen LogP contribution in [0.4, 0.5) is 11.4 Å². The summed E-state index contributed by atoms with van der Waals surface area (Å²) in [6, 6.07) is 6.51. The summed E-state index contributed by atoms with van der Waals surface area (Å²) in [5.74, 6) is -0.732. The summed E-state index contributed by atoms with van der Waals surface area (Å²) in [6.07, 6.45) is 2.28. The van der Waals surface area contributed by atoms with Gasteiger partial charge in [-0.3, -0.25) is 4.79 Å². The molecule has 0 aliphatic carbocycles. The molecule has 0 aromatic heterocycles. The highest BCUT2D eigenvalue weighted by molar-refractivity contribution is 5.74. The fourth-order valence-corrected chi connectivity index (χ4v) is 2.56. The van der Waals surface area contributed by atoms with Crippen molar-refractivity contribution in [3.63, 3.8) is 0 Å². The zero-order chi connectivity index (χ0) is 13.8. The van der Waals surface area contributed by atoms with Gasteiger partial charge in [-0.25, -0.2) is 0 Å². The number of hydrogen-bond acceptors (Lipinski definition) is 3. The summed E-state index contributed by atoms with van der Waals surface area (Å²) >= 11 is 0. The molecular weight excluding hydrogens is 240 g/mol. The van der Waals surface area contributed by atoms with Crippen molar-refractivity contribution in [3.05, 3.63) is 23.8 Å². The van der Waals surface area contributed by atoms with Crippen LogP contribution in [0.2, 0.25) is 0 Å². The first kappa shape index (κ1) is 13.7. The number of anilines is 2.